The summed E-state index contributed by atoms with van der Waals surface area (Å²) >= 11 is 0. The Bertz CT molecular complexity index is 1110. The summed E-state index contributed by atoms with van der Waals surface area (Å²) < 4.78 is 5.70. The van der Waals surface area contributed by atoms with E-state index in [1.54, 1.807) is 30.3 Å². The molecule has 3 rings (SSSR count). The number of aromatic carboxylic acids is 1. The first kappa shape index (κ1) is 16.1. The Labute approximate surface area is 138 Å². The van der Waals surface area contributed by atoms with Crippen LogP contribution in [-0.4, -0.2) is 31.9 Å². The minimum Gasteiger partial charge on any atom is -0.480 e. The fraction of sp³-hybridized carbons (Fsp3) is 0.0625. The number of aliphatic carboxylic acids is 1. The Kier molecular flexibility index (Phi) is 3.89. The number of carboxylic acids is 2. The van der Waals surface area contributed by atoms with Crippen molar-refractivity contribution in [3.05, 3.63) is 62.7 Å². The van der Waals surface area contributed by atoms with Crippen LogP contribution >= 0.6 is 0 Å². The topological polar surface area (TPSA) is 140 Å². The summed E-state index contributed by atoms with van der Waals surface area (Å²) in [5.41, 5.74) is -2.40. The fourth-order valence-electron chi connectivity index (χ4n) is 2.33. The van der Waals surface area contributed by atoms with Crippen LogP contribution in [0.5, 0.6) is 0 Å². The third kappa shape index (κ3) is 2.90. The number of nitrogens with zero attached hydrogens (tertiary/aromatic N) is 2. The normalized spacial score (nSPS) is 10.7. The number of carbonyl (C=O) groups is 2. The van der Waals surface area contributed by atoms with Gasteiger partial charge in [0.25, 0.3) is 5.56 Å². The van der Waals surface area contributed by atoms with Gasteiger partial charge in [0.2, 0.25) is 0 Å². The van der Waals surface area contributed by atoms with E-state index in [1.165, 1.54) is 0 Å². The third-order valence-corrected chi connectivity index (χ3v) is 3.41. The van der Waals surface area contributed by atoms with Crippen LogP contribution in [0.15, 0.2) is 50.4 Å². The standard InChI is InChI=1S/C16H10N2O7/c19-11(20)7-18-14(21)9-6-10(15(22)23)16(24)25-13(9)12(17-18)8-4-2-1-3-5-8/h1-6H,7H2,(H,19,20)(H,22,23). The lowest BCUT2D eigenvalue weighted by molar-refractivity contribution is -0.137. The van der Waals surface area contributed by atoms with E-state index in [9.17, 15) is 19.2 Å². The average Bonchev–Trinajstić information content (AvgIpc) is 2.57. The molecule has 2 heterocycles. The second kappa shape index (κ2) is 6.04. The average molecular weight is 342 g/mol. The van der Waals surface area contributed by atoms with Crippen LogP contribution in [0.25, 0.3) is 22.2 Å². The van der Waals surface area contributed by atoms with Gasteiger partial charge in [-0.05, 0) is 6.07 Å². The number of aromatic nitrogens is 2. The maximum Gasteiger partial charge on any atom is 0.351 e. The summed E-state index contributed by atoms with van der Waals surface area (Å²) in [6, 6.07) is 9.22. The minimum absolute atomic E-state index is 0.0606. The maximum absolute atomic E-state index is 12.4. The molecule has 2 N–H and O–H groups in total. The first-order valence-electron chi connectivity index (χ1n) is 6.98. The number of fused-ring (bicyclic) bond motifs is 1. The molecule has 1 aromatic carbocycles. The zero-order valence-corrected chi connectivity index (χ0v) is 12.5. The summed E-state index contributed by atoms with van der Waals surface area (Å²) in [5.74, 6) is -2.86. The van der Waals surface area contributed by atoms with Gasteiger partial charge in [-0.15, -0.1) is 0 Å². The summed E-state index contributed by atoms with van der Waals surface area (Å²) in [5, 5.41) is 21.7. The highest BCUT2D eigenvalue weighted by atomic mass is 16.4. The molecular formula is C16H10N2O7. The van der Waals surface area contributed by atoms with Gasteiger partial charge in [0.1, 0.15) is 17.8 Å². The molecule has 126 valence electrons. The van der Waals surface area contributed by atoms with Crippen LogP contribution in [0.3, 0.4) is 0 Å². The zero-order valence-electron chi connectivity index (χ0n) is 12.5. The van der Waals surface area contributed by atoms with Gasteiger partial charge in [0.15, 0.2) is 5.58 Å². The van der Waals surface area contributed by atoms with E-state index in [1.807, 2.05) is 0 Å². The quantitative estimate of drug-likeness (QED) is 0.709. The molecule has 0 saturated heterocycles. The highest BCUT2D eigenvalue weighted by Gasteiger charge is 2.20. The summed E-state index contributed by atoms with van der Waals surface area (Å²) in [4.78, 5) is 46.4. The molecular weight excluding hydrogens is 332 g/mol. The van der Waals surface area contributed by atoms with Gasteiger partial charge in [0.05, 0.1) is 5.39 Å². The Hall–Kier alpha value is -3.75. The van der Waals surface area contributed by atoms with E-state index in [4.69, 9.17) is 14.6 Å². The predicted octanol–water partition coefficient (Wildman–Crippen LogP) is 0.800. The molecule has 0 amide bonds. The predicted molar refractivity (Wildman–Crippen MR) is 84.6 cm³/mol. The van der Waals surface area contributed by atoms with Crippen molar-refractivity contribution < 1.29 is 24.2 Å². The molecule has 9 nitrogen and oxygen atoms in total. The number of hydrogen-bond acceptors (Lipinski definition) is 6. The van der Waals surface area contributed by atoms with Crippen molar-refractivity contribution in [1.82, 2.24) is 9.78 Å². The molecule has 0 spiro atoms. The molecule has 9 heteroatoms. The Balaban J connectivity index is 2.45. The first-order valence-corrected chi connectivity index (χ1v) is 6.98. The summed E-state index contributed by atoms with van der Waals surface area (Å²) in [6.07, 6.45) is 0. The van der Waals surface area contributed by atoms with Crippen LogP contribution in [0, 0.1) is 0 Å². The molecule has 0 atom stereocenters. The maximum atomic E-state index is 12.4. The molecule has 2 aromatic heterocycles. The second-order valence-electron chi connectivity index (χ2n) is 5.07. The van der Waals surface area contributed by atoms with E-state index in [0.717, 1.165) is 6.07 Å². The lowest BCUT2D eigenvalue weighted by atomic mass is 10.1. The SMILES string of the molecule is O=C(O)Cn1nc(-c2ccccc2)c2oc(=O)c(C(=O)O)cc2c1=O. The van der Waals surface area contributed by atoms with Gasteiger partial charge in [-0.1, -0.05) is 30.3 Å². The molecule has 0 unspecified atom stereocenters. The van der Waals surface area contributed by atoms with Crippen LogP contribution < -0.4 is 11.2 Å². The number of benzene rings is 1. The van der Waals surface area contributed by atoms with Gasteiger partial charge in [-0.25, -0.2) is 14.3 Å². The van der Waals surface area contributed by atoms with Crippen molar-refractivity contribution in [1.29, 1.82) is 0 Å². The molecule has 0 aliphatic rings. The molecule has 3 aromatic rings. The number of carboxylic acid groups (broad SMARTS) is 2. The van der Waals surface area contributed by atoms with Gasteiger partial charge >= 0.3 is 17.6 Å². The van der Waals surface area contributed by atoms with Gasteiger partial charge in [0, 0.05) is 5.56 Å². The Morgan fingerprint density at radius 2 is 1.80 bits per heavy atom. The smallest absolute Gasteiger partial charge is 0.351 e. The van der Waals surface area contributed by atoms with Crippen LogP contribution in [0.2, 0.25) is 0 Å². The highest BCUT2D eigenvalue weighted by Crippen LogP contribution is 2.24. The number of rotatable bonds is 4. The van der Waals surface area contributed by atoms with Gasteiger partial charge < -0.3 is 14.6 Å². The highest BCUT2D eigenvalue weighted by molar-refractivity contribution is 5.94. The third-order valence-electron chi connectivity index (χ3n) is 3.41. The van der Waals surface area contributed by atoms with Crippen LogP contribution in [0.1, 0.15) is 10.4 Å². The number of hydrogen-bond donors (Lipinski definition) is 2. The van der Waals surface area contributed by atoms with Crippen molar-refractivity contribution in [2.75, 3.05) is 0 Å². The van der Waals surface area contributed by atoms with Crippen LogP contribution in [0.4, 0.5) is 0 Å². The van der Waals surface area contributed by atoms with Crippen molar-refractivity contribution in [3.63, 3.8) is 0 Å². The molecule has 0 fully saturated rings. The molecule has 25 heavy (non-hydrogen) atoms. The second-order valence-corrected chi connectivity index (χ2v) is 5.07. The molecule has 0 saturated carbocycles. The van der Waals surface area contributed by atoms with Crippen LogP contribution in [-0.2, 0) is 11.3 Å². The van der Waals surface area contributed by atoms with E-state index < -0.39 is 35.2 Å². The Morgan fingerprint density at radius 3 is 2.40 bits per heavy atom. The van der Waals surface area contributed by atoms with E-state index in [2.05, 4.69) is 5.10 Å². The molecule has 0 aliphatic carbocycles. The van der Waals surface area contributed by atoms with Crippen molar-refractivity contribution in [2.45, 2.75) is 6.54 Å². The van der Waals surface area contributed by atoms with Crippen molar-refractivity contribution in [3.8, 4) is 11.3 Å². The first-order chi connectivity index (χ1) is 11.9. The van der Waals surface area contributed by atoms with Crippen molar-refractivity contribution in [2.24, 2.45) is 0 Å². The minimum atomic E-state index is -1.56. The molecule has 0 radical (unpaired) electrons. The Morgan fingerprint density at radius 1 is 1.12 bits per heavy atom. The fourth-order valence-corrected chi connectivity index (χ4v) is 2.33. The molecule has 0 bridgehead atoms. The lowest BCUT2D eigenvalue weighted by Gasteiger charge is -2.09. The van der Waals surface area contributed by atoms with Gasteiger partial charge in [-0.3, -0.25) is 9.59 Å². The zero-order chi connectivity index (χ0) is 18.1. The monoisotopic (exact) mass is 342 g/mol. The summed E-state index contributed by atoms with van der Waals surface area (Å²) in [6.45, 7) is -0.726. The summed E-state index contributed by atoms with van der Waals surface area (Å²) in [7, 11) is 0. The largest absolute Gasteiger partial charge is 0.480 e. The van der Waals surface area contributed by atoms with Gasteiger partial charge in [-0.2, -0.15) is 5.10 Å². The van der Waals surface area contributed by atoms with Crippen molar-refractivity contribution >= 4 is 22.9 Å². The van der Waals surface area contributed by atoms with E-state index >= 15 is 0 Å². The lowest BCUT2D eigenvalue weighted by Crippen LogP contribution is -2.28. The van der Waals surface area contributed by atoms with E-state index in [-0.39, 0.29) is 16.7 Å². The molecule has 0 aliphatic heterocycles. The van der Waals surface area contributed by atoms with E-state index in [0.29, 0.717) is 10.2 Å².